The van der Waals surface area contributed by atoms with Crippen molar-refractivity contribution >= 4 is 17.3 Å². The molecular weight excluding hydrogens is 368 g/mol. The van der Waals surface area contributed by atoms with Gasteiger partial charge in [-0.05, 0) is 49.7 Å². The standard InChI is InChI=1S/C21H26O5.C3H7/c1-19-7-5-13(23)9-12(19)3-4-14-15-6-8-21(26,17(25)11-22)20(15,2)10-16(24)18(14)19;1-3-2/h5,7,9,14-15,18,22,26H,3-4,6,8,10-11H2,1-2H3;1,3H2,2H3/t14-,15-,18+,19-,20-,21-;/m0./s1. The van der Waals surface area contributed by atoms with E-state index in [9.17, 15) is 24.6 Å². The van der Waals surface area contributed by atoms with Gasteiger partial charge in [-0.1, -0.05) is 45.8 Å². The minimum atomic E-state index is -1.62. The second kappa shape index (κ2) is 7.59. The van der Waals surface area contributed by atoms with Crippen LogP contribution in [0.3, 0.4) is 0 Å². The van der Waals surface area contributed by atoms with Crippen LogP contribution in [0.2, 0.25) is 0 Å². The van der Waals surface area contributed by atoms with E-state index in [4.69, 9.17) is 0 Å². The molecule has 0 spiro atoms. The second-order valence-electron chi connectivity index (χ2n) is 9.52. The Kier molecular flexibility index (Phi) is 5.78. The predicted octanol–water partition coefficient (Wildman–Crippen LogP) is 3.00. The van der Waals surface area contributed by atoms with Crippen molar-refractivity contribution in [3.05, 3.63) is 30.7 Å². The zero-order valence-electron chi connectivity index (χ0n) is 17.7. The predicted molar refractivity (Wildman–Crippen MR) is 110 cm³/mol. The first-order chi connectivity index (χ1) is 13.6. The van der Waals surface area contributed by atoms with Crippen LogP contribution >= 0.6 is 0 Å². The van der Waals surface area contributed by atoms with Gasteiger partial charge < -0.3 is 10.2 Å². The van der Waals surface area contributed by atoms with Crippen molar-refractivity contribution in [2.24, 2.45) is 28.6 Å². The highest BCUT2D eigenvalue weighted by Gasteiger charge is 2.68. The van der Waals surface area contributed by atoms with Gasteiger partial charge in [0.1, 0.15) is 18.0 Å². The van der Waals surface area contributed by atoms with Crippen molar-refractivity contribution < 1.29 is 24.6 Å². The van der Waals surface area contributed by atoms with Crippen molar-refractivity contribution in [3.63, 3.8) is 0 Å². The third-order valence-electron chi connectivity index (χ3n) is 8.01. The van der Waals surface area contributed by atoms with Crippen LogP contribution in [0.5, 0.6) is 0 Å². The molecule has 3 saturated carbocycles. The third-order valence-corrected chi connectivity index (χ3v) is 8.01. The van der Waals surface area contributed by atoms with Gasteiger partial charge in [-0.3, -0.25) is 14.4 Å². The van der Waals surface area contributed by atoms with E-state index >= 15 is 0 Å². The molecule has 0 aromatic carbocycles. The first-order valence-corrected chi connectivity index (χ1v) is 10.7. The largest absolute Gasteiger partial charge is 0.388 e. The molecule has 1 radical (unpaired) electrons. The van der Waals surface area contributed by atoms with Crippen LogP contribution in [0.4, 0.5) is 0 Å². The SMILES string of the molecule is C[C@]12C=CC(=O)C=C1CC[C@@H]1[C@@H]2C(=O)C[C@@]2(C)[C@H]1CC[C@]2(O)C(=O)CO.[CH2]CC. The van der Waals surface area contributed by atoms with E-state index in [2.05, 4.69) is 6.92 Å². The summed E-state index contributed by atoms with van der Waals surface area (Å²) in [5.41, 5.74) is -1.86. The number of aliphatic hydroxyl groups excluding tert-OH is 1. The molecule has 4 aliphatic rings. The Hall–Kier alpha value is -1.59. The number of fused-ring (bicyclic) bond motifs is 5. The molecule has 29 heavy (non-hydrogen) atoms. The molecule has 0 heterocycles. The van der Waals surface area contributed by atoms with Gasteiger partial charge in [-0.15, -0.1) is 0 Å². The van der Waals surface area contributed by atoms with Crippen LogP contribution in [0.25, 0.3) is 0 Å². The Morgan fingerprint density at radius 2 is 1.93 bits per heavy atom. The molecule has 0 aromatic heterocycles. The molecule has 4 rings (SSSR count). The Labute approximate surface area is 173 Å². The summed E-state index contributed by atoms with van der Waals surface area (Å²) in [7, 11) is 0. The first-order valence-electron chi connectivity index (χ1n) is 10.7. The summed E-state index contributed by atoms with van der Waals surface area (Å²) in [6.45, 7) is 8.69. The van der Waals surface area contributed by atoms with Crippen LogP contribution in [0.1, 0.15) is 59.3 Å². The summed E-state index contributed by atoms with van der Waals surface area (Å²) in [4.78, 5) is 37.4. The highest BCUT2D eigenvalue weighted by Crippen LogP contribution is 2.66. The summed E-state index contributed by atoms with van der Waals surface area (Å²) < 4.78 is 0. The highest BCUT2D eigenvalue weighted by molar-refractivity contribution is 6.02. The van der Waals surface area contributed by atoms with Crippen LogP contribution in [-0.2, 0) is 14.4 Å². The van der Waals surface area contributed by atoms with Crippen molar-refractivity contribution in [1.29, 1.82) is 0 Å². The summed E-state index contributed by atoms with van der Waals surface area (Å²) >= 11 is 0. The molecular formula is C24H33O5. The van der Waals surface area contributed by atoms with Gasteiger partial charge in [0.2, 0.25) is 0 Å². The maximum atomic E-state index is 13.3. The fraction of sp³-hybridized carbons (Fsp3) is 0.667. The smallest absolute Gasteiger partial charge is 0.190 e. The Morgan fingerprint density at radius 1 is 1.28 bits per heavy atom. The normalized spacial score (nSPS) is 42.8. The number of carbonyl (C=O) groups is 3. The molecule has 5 heteroatoms. The fourth-order valence-corrected chi connectivity index (χ4v) is 6.62. The molecule has 0 unspecified atom stereocenters. The molecule has 0 aromatic rings. The summed E-state index contributed by atoms with van der Waals surface area (Å²) in [6.07, 6.45) is 8.82. The highest BCUT2D eigenvalue weighted by atomic mass is 16.3. The van der Waals surface area contributed by atoms with Gasteiger partial charge in [0, 0.05) is 23.2 Å². The second-order valence-corrected chi connectivity index (χ2v) is 9.52. The number of hydrogen-bond donors (Lipinski definition) is 2. The van der Waals surface area contributed by atoms with Crippen molar-refractivity contribution in [2.75, 3.05) is 6.61 Å². The van der Waals surface area contributed by atoms with Crippen molar-refractivity contribution in [3.8, 4) is 0 Å². The Balaban J connectivity index is 0.000000755. The maximum Gasteiger partial charge on any atom is 0.190 e. The van der Waals surface area contributed by atoms with Crippen LogP contribution in [0, 0.1) is 35.5 Å². The van der Waals surface area contributed by atoms with Crippen molar-refractivity contribution in [1.82, 2.24) is 0 Å². The number of carbonyl (C=O) groups excluding carboxylic acids is 3. The van der Waals surface area contributed by atoms with Gasteiger partial charge in [0.15, 0.2) is 11.6 Å². The number of rotatable bonds is 2. The molecule has 6 atom stereocenters. The lowest BCUT2D eigenvalue weighted by atomic mass is 9.46. The minimum Gasteiger partial charge on any atom is -0.388 e. The summed E-state index contributed by atoms with van der Waals surface area (Å²) in [6, 6.07) is 0. The summed E-state index contributed by atoms with van der Waals surface area (Å²) in [5.74, 6) is -0.590. The number of allylic oxidation sites excluding steroid dienone is 4. The van der Waals surface area contributed by atoms with E-state index in [0.29, 0.717) is 12.8 Å². The quantitative estimate of drug-likeness (QED) is 0.742. The monoisotopic (exact) mass is 401 g/mol. The molecule has 4 aliphatic carbocycles. The van der Waals surface area contributed by atoms with E-state index in [1.165, 1.54) is 0 Å². The lowest BCUT2D eigenvalue weighted by Crippen LogP contribution is -2.60. The molecule has 159 valence electrons. The van der Waals surface area contributed by atoms with Crippen molar-refractivity contribution in [2.45, 2.75) is 64.9 Å². The Morgan fingerprint density at radius 3 is 2.55 bits per heavy atom. The molecule has 3 fully saturated rings. The van der Waals surface area contributed by atoms with Crippen LogP contribution < -0.4 is 0 Å². The number of hydrogen-bond acceptors (Lipinski definition) is 5. The van der Waals surface area contributed by atoms with E-state index in [1.807, 2.05) is 26.8 Å². The molecule has 0 saturated heterocycles. The lowest BCUT2D eigenvalue weighted by molar-refractivity contribution is -0.168. The van der Waals surface area contributed by atoms with Gasteiger partial charge in [-0.2, -0.15) is 0 Å². The van der Waals surface area contributed by atoms with E-state index < -0.39 is 28.8 Å². The van der Waals surface area contributed by atoms with E-state index in [0.717, 1.165) is 24.8 Å². The van der Waals surface area contributed by atoms with E-state index in [1.54, 1.807) is 12.2 Å². The van der Waals surface area contributed by atoms with Gasteiger partial charge in [0.05, 0.1) is 0 Å². The molecule has 5 nitrogen and oxygen atoms in total. The molecule has 0 aliphatic heterocycles. The number of ketones is 3. The maximum absolute atomic E-state index is 13.3. The molecule has 0 bridgehead atoms. The topological polar surface area (TPSA) is 91.7 Å². The molecule has 2 N–H and O–H groups in total. The average Bonchev–Trinajstić information content (AvgIpc) is 2.93. The minimum absolute atomic E-state index is 0.0206. The third kappa shape index (κ3) is 3.09. The number of aliphatic hydroxyl groups is 2. The number of Topliss-reactive ketones (excluding diaryl/α,β-unsaturated/α-hetero) is 2. The molecule has 0 amide bonds. The van der Waals surface area contributed by atoms with Gasteiger partial charge in [0.25, 0.3) is 0 Å². The lowest BCUT2D eigenvalue weighted by Gasteiger charge is -2.56. The fourth-order valence-electron chi connectivity index (χ4n) is 6.62. The summed E-state index contributed by atoms with van der Waals surface area (Å²) in [5, 5.41) is 20.5. The van der Waals surface area contributed by atoms with Crippen LogP contribution in [-0.4, -0.2) is 39.8 Å². The average molecular weight is 402 g/mol. The van der Waals surface area contributed by atoms with Gasteiger partial charge in [-0.25, -0.2) is 0 Å². The zero-order chi connectivity index (χ0) is 21.6. The van der Waals surface area contributed by atoms with Gasteiger partial charge >= 0.3 is 0 Å². The zero-order valence-corrected chi connectivity index (χ0v) is 17.7. The Bertz CT molecular complexity index is 780. The first kappa shape index (κ1) is 22.1. The van der Waals surface area contributed by atoms with E-state index in [-0.39, 0.29) is 35.7 Å². The van der Waals surface area contributed by atoms with Crippen LogP contribution in [0.15, 0.2) is 23.8 Å².